The zero-order valence-corrected chi connectivity index (χ0v) is 42.1. The Kier molecular flexibility index (Phi) is 49.6. The fourth-order valence-electron chi connectivity index (χ4n) is 6.60. The van der Waals surface area contributed by atoms with Crippen LogP contribution < -0.4 is 0 Å². The van der Waals surface area contributed by atoms with Crippen LogP contribution in [0.5, 0.6) is 0 Å². The van der Waals surface area contributed by atoms with Gasteiger partial charge in [-0.3, -0.25) is 14.4 Å². The Bertz CT molecular complexity index is 1460. The highest BCUT2D eigenvalue weighted by Crippen LogP contribution is 2.12. The van der Waals surface area contributed by atoms with Crippen molar-refractivity contribution in [1.29, 1.82) is 0 Å². The van der Waals surface area contributed by atoms with Crippen LogP contribution in [0.1, 0.15) is 207 Å². The van der Waals surface area contributed by atoms with Gasteiger partial charge >= 0.3 is 17.9 Å². The van der Waals surface area contributed by atoms with E-state index >= 15 is 0 Å². The molecule has 0 aromatic heterocycles. The van der Waals surface area contributed by atoms with Gasteiger partial charge in [0.25, 0.3) is 0 Å². The maximum absolute atomic E-state index is 12.8. The van der Waals surface area contributed by atoms with Crippen LogP contribution in [0, 0.1) is 0 Å². The highest BCUT2D eigenvalue weighted by Gasteiger charge is 2.19. The molecule has 0 aliphatic heterocycles. The molecule has 0 fully saturated rings. The minimum atomic E-state index is -0.820. The molecule has 6 nitrogen and oxygen atoms in total. The molecule has 0 aliphatic carbocycles. The van der Waals surface area contributed by atoms with Crippen LogP contribution in [0.4, 0.5) is 0 Å². The summed E-state index contributed by atoms with van der Waals surface area (Å²) in [5.74, 6) is -1.01. The SMILES string of the molecule is CC/C=C\C/C=C\C/C=C\CCCCC(=O)OCC(COC(=O)CCCCCCC\C=C/C=C\C=C/C=C\C=C/CCC)OC(=O)CCCCCCC\C=C/C=C\C=C/CCCCCCC. The lowest BCUT2D eigenvalue weighted by atomic mass is 10.1. The molecular formula is C60H94O6. The Hall–Kier alpha value is -4.45. The molecule has 0 rings (SSSR count). The average molecular weight is 911 g/mol. The van der Waals surface area contributed by atoms with E-state index in [1.54, 1.807) is 0 Å². The summed E-state index contributed by atoms with van der Waals surface area (Å²) in [6, 6.07) is 0. The molecule has 0 saturated heterocycles. The Morgan fingerprint density at radius 3 is 1.15 bits per heavy atom. The number of hydrogen-bond acceptors (Lipinski definition) is 6. The molecule has 0 aliphatic rings. The normalized spacial score (nSPS) is 13.2. The van der Waals surface area contributed by atoms with E-state index in [0.717, 1.165) is 122 Å². The summed E-state index contributed by atoms with van der Waals surface area (Å²) in [5.41, 5.74) is 0. The second-order valence-corrected chi connectivity index (χ2v) is 16.9. The van der Waals surface area contributed by atoms with Crippen LogP contribution in [0.2, 0.25) is 0 Å². The third-order valence-electron chi connectivity index (χ3n) is 10.5. The van der Waals surface area contributed by atoms with Crippen LogP contribution in [-0.2, 0) is 28.6 Å². The van der Waals surface area contributed by atoms with E-state index in [4.69, 9.17) is 14.2 Å². The number of hydrogen-bond donors (Lipinski definition) is 0. The van der Waals surface area contributed by atoms with Gasteiger partial charge in [0.1, 0.15) is 13.2 Å². The van der Waals surface area contributed by atoms with Crippen molar-refractivity contribution in [2.45, 2.75) is 213 Å². The Labute approximate surface area is 405 Å². The van der Waals surface area contributed by atoms with Gasteiger partial charge in [0, 0.05) is 19.3 Å². The van der Waals surface area contributed by atoms with Crippen LogP contribution in [-0.4, -0.2) is 37.2 Å². The van der Waals surface area contributed by atoms with Gasteiger partial charge in [0.15, 0.2) is 6.10 Å². The van der Waals surface area contributed by atoms with Crippen LogP contribution in [0.15, 0.2) is 134 Å². The summed E-state index contributed by atoms with van der Waals surface area (Å²) in [6.07, 6.45) is 74.3. The molecular weight excluding hydrogens is 817 g/mol. The van der Waals surface area contributed by atoms with Crippen molar-refractivity contribution in [3.8, 4) is 0 Å². The third-order valence-corrected chi connectivity index (χ3v) is 10.5. The summed E-state index contributed by atoms with van der Waals surface area (Å²) in [6.45, 7) is 6.32. The van der Waals surface area contributed by atoms with Crippen LogP contribution in [0.25, 0.3) is 0 Å². The molecule has 0 aromatic carbocycles. The second kappa shape index (κ2) is 53.2. The molecule has 0 bridgehead atoms. The molecule has 0 radical (unpaired) electrons. The van der Waals surface area contributed by atoms with E-state index in [1.165, 1.54) is 38.5 Å². The lowest BCUT2D eigenvalue weighted by Crippen LogP contribution is -2.30. The van der Waals surface area contributed by atoms with Crippen molar-refractivity contribution in [3.63, 3.8) is 0 Å². The Balaban J connectivity index is 4.55. The Morgan fingerprint density at radius 1 is 0.333 bits per heavy atom. The van der Waals surface area contributed by atoms with E-state index in [2.05, 4.69) is 118 Å². The van der Waals surface area contributed by atoms with Gasteiger partial charge < -0.3 is 14.2 Å². The monoisotopic (exact) mass is 911 g/mol. The smallest absolute Gasteiger partial charge is 0.306 e. The van der Waals surface area contributed by atoms with Crippen LogP contribution >= 0.6 is 0 Å². The maximum Gasteiger partial charge on any atom is 0.306 e. The fraction of sp³-hybridized carbons (Fsp3) is 0.583. The van der Waals surface area contributed by atoms with Crippen molar-refractivity contribution in [1.82, 2.24) is 0 Å². The van der Waals surface area contributed by atoms with E-state index in [0.29, 0.717) is 19.3 Å². The van der Waals surface area contributed by atoms with Crippen molar-refractivity contribution in [2.24, 2.45) is 0 Å². The number of allylic oxidation sites excluding steroid dienone is 22. The first-order valence-electron chi connectivity index (χ1n) is 26.3. The van der Waals surface area contributed by atoms with Gasteiger partial charge in [0.2, 0.25) is 0 Å². The standard InChI is InChI=1S/C60H94O6/c1-4-7-10-13-16-19-22-25-27-29-31-33-35-38-41-44-47-50-53-59(62)65-56-57(55-64-58(61)52-49-46-43-40-37-24-21-18-15-12-9-6-3)66-60(63)54-51-48-45-42-39-36-34-32-30-28-26-23-20-17-14-11-8-5-2/h9-10,12-13,16,18-19,21-23,25-34,37,40,57H,4-8,11,14-15,17,20,24,35-36,38-39,41-56H2,1-3H3/b12-9-,13-10-,19-16-,21-18-,25-22-,26-23-,29-27-,30-28-,33-31-,34-32-,40-37-. The summed E-state index contributed by atoms with van der Waals surface area (Å²) in [7, 11) is 0. The molecule has 0 spiro atoms. The molecule has 0 amide bonds. The topological polar surface area (TPSA) is 78.9 Å². The zero-order valence-electron chi connectivity index (χ0n) is 42.1. The molecule has 1 atom stereocenters. The van der Waals surface area contributed by atoms with E-state index < -0.39 is 6.10 Å². The van der Waals surface area contributed by atoms with E-state index in [-0.39, 0.29) is 37.5 Å². The largest absolute Gasteiger partial charge is 0.462 e. The highest BCUT2D eigenvalue weighted by molar-refractivity contribution is 5.71. The van der Waals surface area contributed by atoms with Crippen molar-refractivity contribution in [3.05, 3.63) is 134 Å². The molecule has 370 valence electrons. The third kappa shape index (κ3) is 50.5. The maximum atomic E-state index is 12.8. The molecule has 0 heterocycles. The second-order valence-electron chi connectivity index (χ2n) is 16.9. The van der Waals surface area contributed by atoms with Gasteiger partial charge in [-0.2, -0.15) is 0 Å². The molecule has 0 aromatic rings. The number of ether oxygens (including phenoxy) is 3. The zero-order chi connectivity index (χ0) is 47.9. The number of unbranched alkanes of at least 4 members (excludes halogenated alkanes) is 18. The Morgan fingerprint density at radius 2 is 0.682 bits per heavy atom. The van der Waals surface area contributed by atoms with Gasteiger partial charge in [0.05, 0.1) is 0 Å². The first-order valence-corrected chi connectivity index (χ1v) is 26.3. The predicted octanol–water partition coefficient (Wildman–Crippen LogP) is 17.5. The van der Waals surface area contributed by atoms with Gasteiger partial charge in [-0.15, -0.1) is 0 Å². The lowest BCUT2D eigenvalue weighted by Gasteiger charge is -2.18. The average Bonchev–Trinajstić information content (AvgIpc) is 3.31. The fourth-order valence-corrected chi connectivity index (χ4v) is 6.60. The molecule has 66 heavy (non-hydrogen) atoms. The van der Waals surface area contributed by atoms with Gasteiger partial charge in [-0.05, 0) is 96.3 Å². The first-order chi connectivity index (χ1) is 32.5. The summed E-state index contributed by atoms with van der Waals surface area (Å²) in [5, 5.41) is 0. The number of carbonyl (C=O) groups excluding carboxylic acids is 3. The number of esters is 3. The van der Waals surface area contributed by atoms with E-state index in [1.807, 2.05) is 36.5 Å². The lowest BCUT2D eigenvalue weighted by molar-refractivity contribution is -0.167. The van der Waals surface area contributed by atoms with Gasteiger partial charge in [-0.1, -0.05) is 225 Å². The molecule has 6 heteroatoms. The molecule has 1 unspecified atom stereocenters. The van der Waals surface area contributed by atoms with Crippen molar-refractivity contribution in [2.75, 3.05) is 13.2 Å². The van der Waals surface area contributed by atoms with Gasteiger partial charge in [-0.25, -0.2) is 0 Å². The predicted molar refractivity (Wildman–Crippen MR) is 283 cm³/mol. The first kappa shape index (κ1) is 61.5. The highest BCUT2D eigenvalue weighted by atomic mass is 16.6. The van der Waals surface area contributed by atoms with Crippen molar-refractivity contribution < 1.29 is 28.6 Å². The number of rotatable bonds is 45. The minimum Gasteiger partial charge on any atom is -0.462 e. The van der Waals surface area contributed by atoms with Crippen LogP contribution in [0.3, 0.4) is 0 Å². The van der Waals surface area contributed by atoms with Crippen molar-refractivity contribution >= 4 is 17.9 Å². The molecule has 0 saturated carbocycles. The van der Waals surface area contributed by atoms with E-state index in [9.17, 15) is 14.4 Å². The molecule has 0 N–H and O–H groups in total. The number of carbonyl (C=O) groups is 3. The quantitative estimate of drug-likeness (QED) is 0.0199. The summed E-state index contributed by atoms with van der Waals surface area (Å²) >= 11 is 0. The summed E-state index contributed by atoms with van der Waals surface area (Å²) in [4.78, 5) is 38.0. The minimum absolute atomic E-state index is 0.117. The summed E-state index contributed by atoms with van der Waals surface area (Å²) < 4.78 is 16.7.